The molecule has 3 heteroatoms. The van der Waals surface area contributed by atoms with Crippen LogP contribution < -0.4 is 0 Å². The van der Waals surface area contributed by atoms with E-state index in [0.717, 1.165) is 39.0 Å². The number of hydrogen-bond donors (Lipinski definition) is 0. The van der Waals surface area contributed by atoms with Gasteiger partial charge in [-0.1, -0.05) is 37.3 Å². The zero-order valence-corrected chi connectivity index (χ0v) is 12.1. The Hall–Kier alpha value is -1.35. The minimum absolute atomic E-state index is 0.171. The van der Waals surface area contributed by atoms with E-state index in [1.807, 2.05) is 4.90 Å². The molecule has 2 aliphatic rings. The summed E-state index contributed by atoms with van der Waals surface area (Å²) in [4.78, 5) is 14.4. The minimum atomic E-state index is -0.171. The third-order valence-corrected chi connectivity index (χ3v) is 4.65. The fourth-order valence-corrected chi connectivity index (χ4v) is 3.52. The van der Waals surface area contributed by atoms with E-state index in [2.05, 4.69) is 37.3 Å². The summed E-state index contributed by atoms with van der Waals surface area (Å²) in [5.41, 5.74) is 1.41. The van der Waals surface area contributed by atoms with E-state index in [1.54, 1.807) is 0 Å². The van der Waals surface area contributed by atoms with Crippen LogP contribution in [0.3, 0.4) is 0 Å². The molecule has 0 bridgehead atoms. The average molecular weight is 273 g/mol. The summed E-state index contributed by atoms with van der Waals surface area (Å²) in [7, 11) is 0. The van der Waals surface area contributed by atoms with Gasteiger partial charge in [0.15, 0.2) is 0 Å². The van der Waals surface area contributed by atoms with Crippen LogP contribution in [0.1, 0.15) is 37.7 Å². The van der Waals surface area contributed by atoms with Gasteiger partial charge in [-0.25, -0.2) is 0 Å². The molecule has 1 aromatic rings. The molecule has 0 radical (unpaired) electrons. The standard InChI is InChI=1S/C17H23NO2/c1-13-12-18(17(19)16-8-5-11-20-16)10-9-15(13)14-6-3-2-4-7-14/h2-4,6-7,13,15-16H,5,8-12H2,1H3. The van der Waals surface area contributed by atoms with Crippen LogP contribution in [0, 0.1) is 5.92 Å². The number of amides is 1. The van der Waals surface area contributed by atoms with E-state index in [0.29, 0.717) is 11.8 Å². The van der Waals surface area contributed by atoms with Crippen molar-refractivity contribution in [2.24, 2.45) is 5.92 Å². The first-order valence-corrected chi connectivity index (χ1v) is 7.71. The van der Waals surface area contributed by atoms with Gasteiger partial charge < -0.3 is 9.64 Å². The van der Waals surface area contributed by atoms with Crippen LogP contribution in [0.15, 0.2) is 30.3 Å². The highest BCUT2D eigenvalue weighted by atomic mass is 16.5. The van der Waals surface area contributed by atoms with E-state index in [-0.39, 0.29) is 12.0 Å². The zero-order chi connectivity index (χ0) is 13.9. The van der Waals surface area contributed by atoms with Crippen molar-refractivity contribution in [2.75, 3.05) is 19.7 Å². The highest BCUT2D eigenvalue weighted by Crippen LogP contribution is 2.33. The van der Waals surface area contributed by atoms with Crippen LogP contribution in [0.2, 0.25) is 0 Å². The number of carbonyl (C=O) groups excluding carboxylic acids is 1. The molecule has 3 atom stereocenters. The quantitative estimate of drug-likeness (QED) is 0.829. The maximum atomic E-state index is 12.4. The molecule has 2 saturated heterocycles. The van der Waals surface area contributed by atoms with Gasteiger partial charge in [0.25, 0.3) is 5.91 Å². The molecule has 1 aromatic carbocycles. The van der Waals surface area contributed by atoms with Crippen molar-refractivity contribution in [1.29, 1.82) is 0 Å². The number of rotatable bonds is 2. The van der Waals surface area contributed by atoms with Gasteiger partial charge in [-0.3, -0.25) is 4.79 Å². The van der Waals surface area contributed by atoms with Crippen LogP contribution in [-0.2, 0) is 9.53 Å². The number of hydrogen-bond acceptors (Lipinski definition) is 2. The molecule has 20 heavy (non-hydrogen) atoms. The first-order chi connectivity index (χ1) is 9.75. The van der Waals surface area contributed by atoms with Gasteiger partial charge in [-0.05, 0) is 36.7 Å². The Labute approximate surface area is 120 Å². The highest BCUT2D eigenvalue weighted by Gasteiger charge is 2.34. The second-order valence-electron chi connectivity index (χ2n) is 6.07. The molecule has 3 unspecified atom stereocenters. The molecular formula is C17H23NO2. The Bertz CT molecular complexity index is 453. The molecule has 0 aliphatic carbocycles. The lowest BCUT2D eigenvalue weighted by Crippen LogP contribution is -2.46. The van der Waals surface area contributed by atoms with Crippen molar-refractivity contribution in [3.63, 3.8) is 0 Å². The monoisotopic (exact) mass is 273 g/mol. The average Bonchev–Trinajstić information content (AvgIpc) is 3.01. The van der Waals surface area contributed by atoms with Crippen molar-refractivity contribution in [3.05, 3.63) is 35.9 Å². The van der Waals surface area contributed by atoms with Gasteiger partial charge in [0.05, 0.1) is 0 Å². The molecule has 0 N–H and O–H groups in total. The van der Waals surface area contributed by atoms with E-state index < -0.39 is 0 Å². The summed E-state index contributed by atoms with van der Waals surface area (Å²) in [5.74, 6) is 1.29. The molecule has 3 nitrogen and oxygen atoms in total. The molecule has 2 aliphatic heterocycles. The van der Waals surface area contributed by atoms with Crippen LogP contribution in [0.5, 0.6) is 0 Å². The molecule has 1 amide bonds. The zero-order valence-electron chi connectivity index (χ0n) is 12.1. The van der Waals surface area contributed by atoms with Crippen LogP contribution >= 0.6 is 0 Å². The third-order valence-electron chi connectivity index (χ3n) is 4.65. The van der Waals surface area contributed by atoms with Gasteiger partial charge in [0.2, 0.25) is 0 Å². The number of ether oxygens (including phenoxy) is 1. The summed E-state index contributed by atoms with van der Waals surface area (Å²) in [6, 6.07) is 10.7. The summed E-state index contributed by atoms with van der Waals surface area (Å²) in [6.45, 7) is 4.72. The van der Waals surface area contributed by atoms with Crippen molar-refractivity contribution < 1.29 is 9.53 Å². The van der Waals surface area contributed by atoms with Gasteiger partial charge in [-0.2, -0.15) is 0 Å². The smallest absolute Gasteiger partial charge is 0.251 e. The first-order valence-electron chi connectivity index (χ1n) is 7.71. The number of nitrogens with zero attached hydrogens (tertiary/aromatic N) is 1. The first kappa shape index (κ1) is 13.6. The molecular weight excluding hydrogens is 250 g/mol. The molecule has 0 spiro atoms. The summed E-state index contributed by atoms with van der Waals surface area (Å²) >= 11 is 0. The lowest BCUT2D eigenvalue weighted by molar-refractivity contribution is -0.142. The molecule has 2 fully saturated rings. The third kappa shape index (κ3) is 2.73. The van der Waals surface area contributed by atoms with Crippen molar-refractivity contribution in [3.8, 4) is 0 Å². The maximum Gasteiger partial charge on any atom is 0.251 e. The van der Waals surface area contributed by atoms with Gasteiger partial charge in [0, 0.05) is 19.7 Å². The molecule has 0 aromatic heterocycles. The fraction of sp³-hybridized carbons (Fsp3) is 0.588. The van der Waals surface area contributed by atoms with E-state index >= 15 is 0 Å². The number of benzene rings is 1. The van der Waals surface area contributed by atoms with Gasteiger partial charge in [0.1, 0.15) is 6.10 Å². The Morgan fingerprint density at radius 3 is 2.70 bits per heavy atom. The molecule has 3 rings (SSSR count). The van der Waals surface area contributed by atoms with E-state index in [4.69, 9.17) is 4.74 Å². The summed E-state index contributed by atoms with van der Waals surface area (Å²) in [6.07, 6.45) is 2.80. The molecule has 108 valence electrons. The second-order valence-corrected chi connectivity index (χ2v) is 6.07. The molecule has 2 heterocycles. The Morgan fingerprint density at radius 2 is 2.05 bits per heavy atom. The minimum Gasteiger partial charge on any atom is -0.368 e. The lowest BCUT2D eigenvalue weighted by atomic mass is 9.81. The lowest BCUT2D eigenvalue weighted by Gasteiger charge is -2.38. The highest BCUT2D eigenvalue weighted by molar-refractivity contribution is 5.81. The molecule has 0 saturated carbocycles. The Kier molecular flexibility index (Phi) is 4.06. The van der Waals surface area contributed by atoms with E-state index in [1.165, 1.54) is 5.56 Å². The van der Waals surface area contributed by atoms with Crippen LogP contribution in [-0.4, -0.2) is 36.6 Å². The van der Waals surface area contributed by atoms with Crippen LogP contribution in [0.4, 0.5) is 0 Å². The second kappa shape index (κ2) is 5.96. The van der Waals surface area contributed by atoms with Crippen molar-refractivity contribution in [2.45, 2.75) is 38.2 Å². The van der Waals surface area contributed by atoms with Crippen molar-refractivity contribution in [1.82, 2.24) is 4.90 Å². The summed E-state index contributed by atoms with van der Waals surface area (Å²) in [5, 5.41) is 0. The normalized spacial score (nSPS) is 30.4. The Morgan fingerprint density at radius 1 is 1.25 bits per heavy atom. The number of carbonyl (C=O) groups is 1. The fourth-order valence-electron chi connectivity index (χ4n) is 3.52. The Balaban J connectivity index is 1.63. The predicted octanol–water partition coefficient (Wildman–Crippen LogP) is 2.82. The number of likely N-dealkylation sites (tertiary alicyclic amines) is 1. The SMILES string of the molecule is CC1CN(C(=O)C2CCCO2)CCC1c1ccccc1. The predicted molar refractivity (Wildman–Crippen MR) is 78.5 cm³/mol. The van der Waals surface area contributed by atoms with Crippen molar-refractivity contribution >= 4 is 5.91 Å². The maximum absolute atomic E-state index is 12.4. The van der Waals surface area contributed by atoms with E-state index in [9.17, 15) is 4.79 Å². The largest absolute Gasteiger partial charge is 0.368 e. The topological polar surface area (TPSA) is 29.5 Å². The number of piperidine rings is 1. The van der Waals surface area contributed by atoms with Gasteiger partial charge >= 0.3 is 0 Å². The summed E-state index contributed by atoms with van der Waals surface area (Å²) < 4.78 is 5.52. The van der Waals surface area contributed by atoms with Gasteiger partial charge in [-0.15, -0.1) is 0 Å². The van der Waals surface area contributed by atoms with Crippen LogP contribution in [0.25, 0.3) is 0 Å².